The number of rotatable bonds is 4. The molecule has 0 fully saturated rings. The number of aromatic nitrogens is 1. The molecular formula is C19H20N2O3S2. The molecule has 136 valence electrons. The second-order valence-electron chi connectivity index (χ2n) is 6.45. The van der Waals surface area contributed by atoms with E-state index in [4.69, 9.17) is 0 Å². The molecule has 0 spiro atoms. The first-order chi connectivity index (χ1) is 12.2. The number of hydrogen-bond donors (Lipinski definition) is 1. The molecule has 0 aliphatic heterocycles. The van der Waals surface area contributed by atoms with Crippen LogP contribution in [0.25, 0.3) is 10.2 Å². The quantitative estimate of drug-likeness (QED) is 0.721. The summed E-state index contributed by atoms with van der Waals surface area (Å²) in [5, 5.41) is 2.82. The number of carbonyl (C=O) groups is 1. The number of amides is 1. The minimum atomic E-state index is -3.35. The Balaban J connectivity index is 1.83. The fourth-order valence-corrected chi connectivity index (χ4v) is 4.50. The van der Waals surface area contributed by atoms with Crippen LogP contribution in [0.4, 0.5) is 5.13 Å². The second kappa shape index (κ2) is 6.81. The molecule has 0 atom stereocenters. The maximum atomic E-state index is 12.4. The first-order valence-corrected chi connectivity index (χ1v) is 10.6. The first kappa shape index (κ1) is 18.5. The van der Waals surface area contributed by atoms with E-state index >= 15 is 0 Å². The number of hydrogen-bond acceptors (Lipinski definition) is 5. The van der Waals surface area contributed by atoms with E-state index in [0.29, 0.717) is 10.7 Å². The molecule has 2 aromatic carbocycles. The SMILES string of the molecule is Cc1ccc2sc(NC(=O)c3ccc(S(=O)(=O)C(C)C)cc3)nc2c1C. The number of thiazole rings is 1. The van der Waals surface area contributed by atoms with Crippen molar-refractivity contribution in [2.24, 2.45) is 0 Å². The molecule has 0 radical (unpaired) electrons. The van der Waals surface area contributed by atoms with Gasteiger partial charge in [-0.2, -0.15) is 0 Å². The van der Waals surface area contributed by atoms with Crippen molar-refractivity contribution in [2.45, 2.75) is 37.8 Å². The Bertz CT molecular complexity index is 1080. The zero-order valence-electron chi connectivity index (χ0n) is 15.0. The van der Waals surface area contributed by atoms with E-state index in [0.717, 1.165) is 21.3 Å². The Morgan fingerprint density at radius 1 is 1.08 bits per heavy atom. The molecule has 0 unspecified atom stereocenters. The van der Waals surface area contributed by atoms with E-state index in [2.05, 4.69) is 10.3 Å². The molecule has 1 heterocycles. The smallest absolute Gasteiger partial charge is 0.257 e. The number of aryl methyl sites for hydroxylation is 2. The van der Waals surface area contributed by atoms with Crippen molar-refractivity contribution >= 4 is 42.4 Å². The number of sulfone groups is 1. The topological polar surface area (TPSA) is 76.1 Å². The maximum absolute atomic E-state index is 12.4. The number of fused-ring (bicyclic) bond motifs is 1. The van der Waals surface area contributed by atoms with Crippen LogP contribution in [0.2, 0.25) is 0 Å². The summed E-state index contributed by atoms with van der Waals surface area (Å²) in [6.07, 6.45) is 0. The standard InChI is InChI=1S/C19H20N2O3S2/c1-11(2)26(23,24)15-8-6-14(7-9-15)18(22)21-19-20-17-13(4)12(3)5-10-16(17)25-19/h5-11H,1-4H3,(H,20,21,22). The summed E-state index contributed by atoms with van der Waals surface area (Å²) in [6.45, 7) is 7.30. The Morgan fingerprint density at radius 2 is 1.73 bits per heavy atom. The predicted molar refractivity (Wildman–Crippen MR) is 106 cm³/mol. The maximum Gasteiger partial charge on any atom is 0.257 e. The monoisotopic (exact) mass is 388 g/mol. The molecule has 3 aromatic rings. The van der Waals surface area contributed by atoms with Gasteiger partial charge in [-0.25, -0.2) is 13.4 Å². The number of nitrogens with one attached hydrogen (secondary N) is 1. The lowest BCUT2D eigenvalue weighted by atomic mass is 10.1. The highest BCUT2D eigenvalue weighted by Gasteiger charge is 2.19. The Labute approximate surface area is 157 Å². The molecule has 0 bridgehead atoms. The summed E-state index contributed by atoms with van der Waals surface area (Å²) in [7, 11) is -3.35. The Kier molecular flexibility index (Phi) is 4.86. The van der Waals surface area contributed by atoms with Gasteiger partial charge in [0.2, 0.25) is 0 Å². The normalized spacial score (nSPS) is 11.9. The van der Waals surface area contributed by atoms with E-state index in [-0.39, 0.29) is 10.8 Å². The highest BCUT2D eigenvalue weighted by Crippen LogP contribution is 2.30. The minimum Gasteiger partial charge on any atom is -0.298 e. The van der Waals surface area contributed by atoms with Gasteiger partial charge in [0.1, 0.15) is 0 Å². The highest BCUT2D eigenvalue weighted by molar-refractivity contribution is 7.92. The third-order valence-corrected chi connectivity index (χ3v) is 7.48. The lowest BCUT2D eigenvalue weighted by Gasteiger charge is -2.08. The van der Waals surface area contributed by atoms with Crippen LogP contribution in [-0.4, -0.2) is 24.6 Å². The van der Waals surface area contributed by atoms with Crippen molar-refractivity contribution in [2.75, 3.05) is 5.32 Å². The zero-order valence-corrected chi connectivity index (χ0v) is 16.7. The van der Waals surface area contributed by atoms with E-state index in [9.17, 15) is 13.2 Å². The molecule has 0 aliphatic carbocycles. The van der Waals surface area contributed by atoms with Crippen LogP contribution in [0, 0.1) is 13.8 Å². The summed E-state index contributed by atoms with van der Waals surface area (Å²) in [6, 6.07) is 10.0. The third-order valence-electron chi connectivity index (χ3n) is 4.37. The molecule has 1 aromatic heterocycles. The van der Waals surface area contributed by atoms with Gasteiger partial charge in [-0.3, -0.25) is 10.1 Å². The van der Waals surface area contributed by atoms with Crippen LogP contribution < -0.4 is 5.32 Å². The highest BCUT2D eigenvalue weighted by atomic mass is 32.2. The van der Waals surface area contributed by atoms with E-state index in [1.165, 1.54) is 35.6 Å². The van der Waals surface area contributed by atoms with E-state index < -0.39 is 15.1 Å². The fraction of sp³-hybridized carbons (Fsp3) is 0.263. The van der Waals surface area contributed by atoms with E-state index in [1.54, 1.807) is 13.8 Å². The summed E-state index contributed by atoms with van der Waals surface area (Å²) in [5.74, 6) is -0.313. The minimum absolute atomic E-state index is 0.218. The van der Waals surface area contributed by atoms with Crippen molar-refractivity contribution in [3.63, 3.8) is 0 Å². The second-order valence-corrected chi connectivity index (χ2v) is 9.98. The van der Waals surface area contributed by atoms with Crippen molar-refractivity contribution in [1.29, 1.82) is 0 Å². The average molecular weight is 389 g/mol. The van der Waals surface area contributed by atoms with Gasteiger partial charge >= 0.3 is 0 Å². The Morgan fingerprint density at radius 3 is 2.35 bits per heavy atom. The van der Waals surface area contributed by atoms with Crippen molar-refractivity contribution < 1.29 is 13.2 Å². The molecule has 0 saturated heterocycles. The number of benzene rings is 2. The zero-order chi connectivity index (χ0) is 19.1. The van der Waals surface area contributed by atoms with Gasteiger partial charge in [0.15, 0.2) is 15.0 Å². The molecule has 1 amide bonds. The summed E-state index contributed by atoms with van der Waals surface area (Å²) >= 11 is 1.42. The lowest BCUT2D eigenvalue weighted by Crippen LogP contribution is -2.15. The van der Waals surface area contributed by atoms with Gasteiger partial charge in [0.25, 0.3) is 5.91 Å². The van der Waals surface area contributed by atoms with Gasteiger partial charge in [0.05, 0.1) is 20.4 Å². The largest absolute Gasteiger partial charge is 0.298 e. The molecule has 7 heteroatoms. The molecular weight excluding hydrogens is 368 g/mol. The van der Waals surface area contributed by atoms with Gasteiger partial charge in [-0.15, -0.1) is 0 Å². The van der Waals surface area contributed by atoms with Gasteiger partial charge in [-0.05, 0) is 69.2 Å². The number of carbonyl (C=O) groups excluding carboxylic acids is 1. The van der Waals surface area contributed by atoms with Gasteiger partial charge in [-0.1, -0.05) is 17.4 Å². The average Bonchev–Trinajstić information content (AvgIpc) is 3.01. The van der Waals surface area contributed by atoms with Crippen LogP contribution in [0.5, 0.6) is 0 Å². The van der Waals surface area contributed by atoms with Crippen LogP contribution in [0.1, 0.15) is 35.3 Å². The van der Waals surface area contributed by atoms with Crippen LogP contribution >= 0.6 is 11.3 Å². The van der Waals surface area contributed by atoms with Crippen LogP contribution in [0.15, 0.2) is 41.3 Å². The van der Waals surface area contributed by atoms with Crippen molar-refractivity contribution in [3.8, 4) is 0 Å². The first-order valence-electron chi connectivity index (χ1n) is 8.22. The van der Waals surface area contributed by atoms with Gasteiger partial charge < -0.3 is 0 Å². The van der Waals surface area contributed by atoms with E-state index in [1.807, 2.05) is 26.0 Å². The van der Waals surface area contributed by atoms with Crippen LogP contribution in [-0.2, 0) is 9.84 Å². The van der Waals surface area contributed by atoms with Crippen molar-refractivity contribution in [1.82, 2.24) is 4.98 Å². The Hall–Kier alpha value is -2.25. The van der Waals surface area contributed by atoms with Gasteiger partial charge in [0, 0.05) is 5.56 Å². The third kappa shape index (κ3) is 3.37. The fourth-order valence-electron chi connectivity index (χ4n) is 2.52. The lowest BCUT2D eigenvalue weighted by molar-refractivity contribution is 0.102. The molecule has 0 saturated carbocycles. The predicted octanol–water partition coefficient (Wildman–Crippen LogP) is 4.35. The summed E-state index contributed by atoms with van der Waals surface area (Å²) < 4.78 is 25.3. The summed E-state index contributed by atoms with van der Waals surface area (Å²) in [5.41, 5.74) is 3.54. The van der Waals surface area contributed by atoms with Crippen LogP contribution in [0.3, 0.4) is 0 Å². The number of anilines is 1. The molecule has 1 N–H and O–H groups in total. The summed E-state index contributed by atoms with van der Waals surface area (Å²) in [4.78, 5) is 17.2. The molecule has 0 aliphatic rings. The molecule has 26 heavy (non-hydrogen) atoms. The number of nitrogens with zero attached hydrogens (tertiary/aromatic N) is 1. The molecule has 5 nitrogen and oxygen atoms in total. The van der Waals surface area contributed by atoms with Crippen molar-refractivity contribution in [3.05, 3.63) is 53.1 Å². The molecule has 3 rings (SSSR count).